The minimum atomic E-state index is 0.722. The average Bonchev–Trinajstić information content (AvgIpc) is 3.30. The van der Waals surface area contributed by atoms with Gasteiger partial charge >= 0.3 is 0 Å². The van der Waals surface area contributed by atoms with Crippen LogP contribution >= 0.6 is 0 Å². The summed E-state index contributed by atoms with van der Waals surface area (Å²) in [7, 11) is 0. The van der Waals surface area contributed by atoms with Gasteiger partial charge in [0.05, 0.1) is 0 Å². The van der Waals surface area contributed by atoms with Crippen molar-refractivity contribution in [2.24, 2.45) is 23.2 Å². The van der Waals surface area contributed by atoms with E-state index >= 15 is 0 Å². The quantitative estimate of drug-likeness (QED) is 0.697. The molecule has 3 nitrogen and oxygen atoms in total. The van der Waals surface area contributed by atoms with Crippen LogP contribution in [0.2, 0.25) is 0 Å². The molecular formula is C22H41N3. The maximum absolute atomic E-state index is 2.89. The van der Waals surface area contributed by atoms with Crippen LogP contribution in [0.5, 0.6) is 0 Å². The Bertz CT molecular complexity index is 423. The Morgan fingerprint density at radius 3 is 2.08 bits per heavy atom. The Morgan fingerprint density at radius 2 is 1.56 bits per heavy atom. The summed E-state index contributed by atoms with van der Waals surface area (Å²) in [5, 5.41) is 0. The first-order valence-electron chi connectivity index (χ1n) is 11.3. The Hall–Kier alpha value is -0.120. The van der Waals surface area contributed by atoms with Crippen molar-refractivity contribution in [3.05, 3.63) is 0 Å². The Labute approximate surface area is 156 Å². The van der Waals surface area contributed by atoms with Crippen molar-refractivity contribution < 1.29 is 0 Å². The molecule has 2 heterocycles. The fourth-order valence-electron chi connectivity index (χ4n) is 6.29. The molecule has 2 saturated carbocycles. The van der Waals surface area contributed by atoms with Gasteiger partial charge in [0.1, 0.15) is 0 Å². The van der Waals surface area contributed by atoms with Crippen molar-refractivity contribution in [2.45, 2.75) is 65.3 Å². The molecule has 0 aromatic rings. The highest BCUT2D eigenvalue weighted by Crippen LogP contribution is 2.52. The van der Waals surface area contributed by atoms with Gasteiger partial charge in [0, 0.05) is 58.4 Å². The maximum atomic E-state index is 2.89. The standard InChI is InChI=1S/C22H41N3/c1-4-7-22(8-9-22)17-24-14-19-5-6-20(15-24)21(19)16-23-10-12-25(13-11-23)18(2)3/h18-21H,4-17H2,1-3H3/t19-,20+,21?. The van der Waals surface area contributed by atoms with Gasteiger partial charge in [-0.15, -0.1) is 0 Å². The first kappa shape index (κ1) is 18.3. The molecule has 4 fully saturated rings. The number of hydrogen-bond acceptors (Lipinski definition) is 3. The molecule has 1 unspecified atom stereocenters. The number of piperazine rings is 1. The minimum absolute atomic E-state index is 0.722. The van der Waals surface area contributed by atoms with Crippen LogP contribution in [0.25, 0.3) is 0 Å². The van der Waals surface area contributed by atoms with Crippen molar-refractivity contribution in [1.82, 2.24) is 14.7 Å². The lowest BCUT2D eigenvalue weighted by Gasteiger charge is -2.43. The van der Waals surface area contributed by atoms with Crippen LogP contribution < -0.4 is 0 Å². The van der Waals surface area contributed by atoms with Gasteiger partial charge in [-0.25, -0.2) is 0 Å². The van der Waals surface area contributed by atoms with Crippen molar-refractivity contribution >= 4 is 0 Å². The first-order valence-corrected chi connectivity index (χ1v) is 11.3. The van der Waals surface area contributed by atoms with Gasteiger partial charge in [0.15, 0.2) is 0 Å². The van der Waals surface area contributed by atoms with Crippen LogP contribution in [0, 0.1) is 23.2 Å². The second kappa shape index (κ2) is 7.48. The fourth-order valence-corrected chi connectivity index (χ4v) is 6.29. The van der Waals surface area contributed by atoms with Gasteiger partial charge in [0.25, 0.3) is 0 Å². The SMILES string of the molecule is CCCC1(CN2C[C@H]3CC[C@@H](C2)C3CN2CCN(C(C)C)CC2)CC1. The zero-order valence-corrected chi connectivity index (χ0v) is 17.1. The summed E-state index contributed by atoms with van der Waals surface area (Å²) in [5.74, 6) is 3.00. The Kier molecular flexibility index (Phi) is 5.46. The summed E-state index contributed by atoms with van der Waals surface area (Å²) < 4.78 is 0. The molecule has 4 rings (SSSR count). The molecular weight excluding hydrogens is 306 g/mol. The summed E-state index contributed by atoms with van der Waals surface area (Å²) in [5.41, 5.74) is 0.744. The first-order chi connectivity index (χ1) is 12.1. The van der Waals surface area contributed by atoms with Gasteiger partial charge in [-0.05, 0) is 69.1 Å². The molecule has 4 aliphatic rings. The van der Waals surface area contributed by atoms with E-state index in [4.69, 9.17) is 0 Å². The maximum Gasteiger partial charge on any atom is 0.0113 e. The van der Waals surface area contributed by atoms with Gasteiger partial charge in [-0.1, -0.05) is 13.3 Å². The van der Waals surface area contributed by atoms with Crippen LogP contribution in [0.3, 0.4) is 0 Å². The topological polar surface area (TPSA) is 9.72 Å². The van der Waals surface area contributed by atoms with Crippen molar-refractivity contribution in [1.29, 1.82) is 0 Å². The Balaban J connectivity index is 1.27. The van der Waals surface area contributed by atoms with Gasteiger partial charge < -0.3 is 9.80 Å². The molecule has 0 N–H and O–H groups in total. The lowest BCUT2D eigenvalue weighted by atomic mass is 9.83. The van der Waals surface area contributed by atoms with Crippen LogP contribution in [0.1, 0.15) is 59.3 Å². The predicted octanol–water partition coefficient (Wildman–Crippen LogP) is 3.55. The van der Waals surface area contributed by atoms with E-state index in [1.165, 1.54) is 90.9 Å². The number of hydrogen-bond donors (Lipinski definition) is 0. The van der Waals surface area contributed by atoms with E-state index in [1.807, 2.05) is 0 Å². The molecule has 2 aliphatic carbocycles. The highest BCUT2D eigenvalue weighted by Gasteiger charge is 2.47. The molecule has 0 amide bonds. The summed E-state index contributed by atoms with van der Waals surface area (Å²) >= 11 is 0. The summed E-state index contributed by atoms with van der Waals surface area (Å²) in [6, 6.07) is 0.722. The summed E-state index contributed by atoms with van der Waals surface area (Å²) in [4.78, 5) is 8.33. The Morgan fingerprint density at radius 1 is 0.920 bits per heavy atom. The average molecular weight is 348 g/mol. The number of likely N-dealkylation sites (tertiary alicyclic amines) is 1. The summed E-state index contributed by atoms with van der Waals surface area (Å²) in [6.45, 7) is 17.9. The fraction of sp³-hybridized carbons (Fsp3) is 1.00. The second-order valence-electron chi connectivity index (χ2n) is 10.1. The van der Waals surface area contributed by atoms with Crippen molar-refractivity contribution in [3.8, 4) is 0 Å². The highest BCUT2D eigenvalue weighted by molar-refractivity contribution is 5.00. The third-order valence-corrected chi connectivity index (χ3v) is 8.01. The number of piperidine rings is 1. The van der Waals surface area contributed by atoms with E-state index in [9.17, 15) is 0 Å². The molecule has 3 heteroatoms. The van der Waals surface area contributed by atoms with Crippen LogP contribution in [-0.2, 0) is 0 Å². The normalized spacial score (nSPS) is 36.2. The van der Waals surface area contributed by atoms with Crippen LogP contribution in [-0.4, -0.2) is 73.1 Å². The zero-order chi connectivity index (χ0) is 17.4. The highest BCUT2D eigenvalue weighted by atomic mass is 15.3. The second-order valence-corrected chi connectivity index (χ2v) is 10.1. The molecule has 25 heavy (non-hydrogen) atoms. The van der Waals surface area contributed by atoms with E-state index < -0.39 is 0 Å². The molecule has 0 radical (unpaired) electrons. The van der Waals surface area contributed by atoms with E-state index in [0.717, 1.165) is 29.2 Å². The molecule has 3 atom stereocenters. The summed E-state index contributed by atoms with van der Waals surface area (Å²) in [6.07, 6.45) is 8.90. The number of fused-ring (bicyclic) bond motifs is 2. The van der Waals surface area contributed by atoms with Gasteiger partial charge in [-0.2, -0.15) is 0 Å². The lowest BCUT2D eigenvalue weighted by molar-refractivity contribution is 0.0425. The molecule has 2 saturated heterocycles. The van der Waals surface area contributed by atoms with E-state index in [-0.39, 0.29) is 0 Å². The van der Waals surface area contributed by atoms with Gasteiger partial charge in [-0.3, -0.25) is 4.90 Å². The van der Waals surface area contributed by atoms with E-state index in [2.05, 4.69) is 35.5 Å². The molecule has 0 aromatic carbocycles. The largest absolute Gasteiger partial charge is 0.302 e. The van der Waals surface area contributed by atoms with Gasteiger partial charge in [0.2, 0.25) is 0 Å². The molecule has 0 aromatic heterocycles. The van der Waals surface area contributed by atoms with Crippen LogP contribution in [0.4, 0.5) is 0 Å². The molecule has 144 valence electrons. The predicted molar refractivity (Wildman–Crippen MR) is 106 cm³/mol. The van der Waals surface area contributed by atoms with E-state index in [1.54, 1.807) is 0 Å². The van der Waals surface area contributed by atoms with Crippen molar-refractivity contribution in [3.63, 3.8) is 0 Å². The van der Waals surface area contributed by atoms with E-state index in [0.29, 0.717) is 0 Å². The molecule has 2 aliphatic heterocycles. The smallest absolute Gasteiger partial charge is 0.0113 e. The monoisotopic (exact) mass is 347 g/mol. The van der Waals surface area contributed by atoms with Crippen LogP contribution in [0.15, 0.2) is 0 Å². The molecule has 2 bridgehead atoms. The minimum Gasteiger partial charge on any atom is -0.302 e. The lowest BCUT2D eigenvalue weighted by Crippen LogP contribution is -2.52. The third-order valence-electron chi connectivity index (χ3n) is 8.01. The van der Waals surface area contributed by atoms with Crippen molar-refractivity contribution in [2.75, 3.05) is 52.4 Å². The third kappa shape index (κ3) is 4.09. The number of nitrogens with zero attached hydrogens (tertiary/aromatic N) is 3. The zero-order valence-electron chi connectivity index (χ0n) is 17.1. The number of rotatable bonds is 7. The molecule has 0 spiro atoms.